The van der Waals surface area contributed by atoms with Crippen LogP contribution < -0.4 is 4.90 Å². The molecule has 7 rings (SSSR count). The average molecular weight is 590 g/mol. The van der Waals surface area contributed by atoms with Gasteiger partial charge in [-0.3, -0.25) is 4.98 Å². The molecule has 1 aliphatic heterocycles. The molecule has 5 nitrogen and oxygen atoms in total. The molecule has 1 aliphatic carbocycles. The summed E-state index contributed by atoms with van der Waals surface area (Å²) in [6.07, 6.45) is 3.85. The van der Waals surface area contributed by atoms with E-state index in [2.05, 4.69) is 33.8 Å². The Bertz CT molecular complexity index is 1750. The molecule has 1 saturated heterocycles. The Morgan fingerprint density at radius 3 is 2.21 bits per heavy atom. The highest BCUT2D eigenvalue weighted by Crippen LogP contribution is 2.46. The zero-order valence-corrected chi connectivity index (χ0v) is 24.4. The van der Waals surface area contributed by atoms with Crippen molar-refractivity contribution in [2.45, 2.75) is 63.3 Å². The van der Waals surface area contributed by atoms with Crippen LogP contribution in [0.2, 0.25) is 0 Å². The third kappa shape index (κ3) is 5.06. The fourth-order valence-electron chi connectivity index (χ4n) is 7.23. The molecule has 2 aliphatic rings. The number of alkyl halides is 4. The van der Waals surface area contributed by atoms with Gasteiger partial charge in [-0.1, -0.05) is 30.3 Å². The maximum atomic E-state index is 14.4. The van der Waals surface area contributed by atoms with Crippen LogP contribution in [0.25, 0.3) is 33.2 Å². The molecule has 2 fully saturated rings. The number of pyridine rings is 1. The summed E-state index contributed by atoms with van der Waals surface area (Å²) < 4.78 is 61.1. The number of benzene rings is 2. The van der Waals surface area contributed by atoms with E-state index in [9.17, 15) is 17.6 Å². The quantitative estimate of drug-likeness (QED) is 0.193. The van der Waals surface area contributed by atoms with E-state index in [1.807, 2.05) is 60.0 Å². The first kappa shape index (κ1) is 27.9. The molecule has 1 unspecified atom stereocenters. The highest BCUT2D eigenvalue weighted by Gasteiger charge is 2.40. The summed E-state index contributed by atoms with van der Waals surface area (Å²) in [6.45, 7) is 2.53. The Balaban J connectivity index is 1.46. The number of hydrogen-bond donors (Lipinski definition) is 0. The van der Waals surface area contributed by atoms with E-state index in [1.54, 1.807) is 6.33 Å². The Labute approximate surface area is 248 Å². The highest BCUT2D eigenvalue weighted by molar-refractivity contribution is 6.07. The van der Waals surface area contributed by atoms with E-state index in [4.69, 9.17) is 4.98 Å². The van der Waals surface area contributed by atoms with Crippen molar-refractivity contribution < 1.29 is 17.6 Å². The molecule has 4 heterocycles. The van der Waals surface area contributed by atoms with E-state index in [0.29, 0.717) is 12.8 Å². The van der Waals surface area contributed by atoms with Gasteiger partial charge in [0.15, 0.2) is 0 Å². The minimum absolute atomic E-state index is 0.0137. The fraction of sp³-hybridized carbons (Fsp3) is 0.412. The van der Waals surface area contributed by atoms with Gasteiger partial charge in [0.1, 0.15) is 0 Å². The van der Waals surface area contributed by atoms with E-state index in [-0.39, 0.29) is 50.7 Å². The van der Waals surface area contributed by atoms with Crippen molar-refractivity contribution in [2.24, 2.45) is 13.0 Å². The molecular formula is C34H35F4N5. The molecule has 224 valence electrons. The number of aromatic nitrogens is 4. The van der Waals surface area contributed by atoms with Crippen LogP contribution in [0.15, 0.2) is 67.1 Å². The number of fused-ring (bicyclic) bond motifs is 3. The van der Waals surface area contributed by atoms with Crippen molar-refractivity contribution in [3.8, 4) is 11.3 Å². The lowest BCUT2D eigenvalue weighted by atomic mass is 9.79. The molecule has 0 amide bonds. The number of anilines is 1. The van der Waals surface area contributed by atoms with E-state index < -0.39 is 11.8 Å². The van der Waals surface area contributed by atoms with Gasteiger partial charge in [0.25, 0.3) is 5.92 Å². The number of rotatable bonds is 5. The summed E-state index contributed by atoms with van der Waals surface area (Å²) >= 11 is 0. The number of halogens is 4. The molecule has 5 aromatic rings. The van der Waals surface area contributed by atoms with Gasteiger partial charge in [0.2, 0.25) is 5.92 Å². The molecule has 0 radical (unpaired) electrons. The summed E-state index contributed by atoms with van der Waals surface area (Å²) in [4.78, 5) is 11.5. The standard InChI is InChI=1S/C34H35F4N5/c1-22-31(41(2)21-40-22)25-18-29-30(39-20-25)27-9-8-26(42-16-14-34(37,38)15-17-42)19-28(27)43(29)32(23-6-4-3-5-7-23)24-10-12-33(35,36)13-11-24/h3-9,18-21,24,32H,10-17H2,1-2H3. The van der Waals surface area contributed by atoms with Crippen LogP contribution in [0.4, 0.5) is 23.2 Å². The Kier molecular flexibility index (Phi) is 6.74. The largest absolute Gasteiger partial charge is 0.371 e. The maximum absolute atomic E-state index is 14.4. The summed E-state index contributed by atoms with van der Waals surface area (Å²) in [5.41, 5.74) is 7.41. The first-order valence-electron chi connectivity index (χ1n) is 15.1. The molecule has 9 heteroatoms. The van der Waals surface area contributed by atoms with Gasteiger partial charge in [-0.15, -0.1) is 0 Å². The molecule has 0 spiro atoms. The van der Waals surface area contributed by atoms with Crippen LogP contribution in [0.5, 0.6) is 0 Å². The summed E-state index contributed by atoms with van der Waals surface area (Å²) in [6, 6.07) is 18.2. The van der Waals surface area contributed by atoms with Gasteiger partial charge < -0.3 is 14.0 Å². The van der Waals surface area contributed by atoms with Crippen molar-refractivity contribution in [1.29, 1.82) is 0 Å². The predicted molar refractivity (Wildman–Crippen MR) is 162 cm³/mol. The molecule has 1 saturated carbocycles. The van der Waals surface area contributed by atoms with E-state index >= 15 is 0 Å². The summed E-state index contributed by atoms with van der Waals surface area (Å²) in [7, 11) is 1.96. The minimum Gasteiger partial charge on any atom is -0.371 e. The van der Waals surface area contributed by atoms with Gasteiger partial charge >= 0.3 is 0 Å². The Morgan fingerprint density at radius 2 is 1.53 bits per heavy atom. The molecule has 3 aromatic heterocycles. The molecule has 43 heavy (non-hydrogen) atoms. The van der Waals surface area contributed by atoms with Gasteiger partial charge in [0.05, 0.1) is 40.3 Å². The van der Waals surface area contributed by atoms with Gasteiger partial charge in [-0.2, -0.15) is 0 Å². The van der Waals surface area contributed by atoms with Crippen LogP contribution in [0, 0.1) is 12.8 Å². The SMILES string of the molecule is Cc1ncn(C)c1-c1cnc2c3ccc(N4CCC(F)(F)CC4)cc3n(C(c3ccccc3)C3CCC(F)(F)CC3)c2c1. The molecule has 0 bridgehead atoms. The molecule has 0 N–H and O–H groups in total. The van der Waals surface area contributed by atoms with Crippen molar-refractivity contribution in [3.05, 3.63) is 78.4 Å². The molecule has 2 aromatic carbocycles. The van der Waals surface area contributed by atoms with E-state index in [1.165, 1.54) is 0 Å². The second kappa shape index (κ2) is 10.4. The third-order valence-corrected chi connectivity index (χ3v) is 9.50. The van der Waals surface area contributed by atoms with Crippen molar-refractivity contribution in [1.82, 2.24) is 19.1 Å². The third-order valence-electron chi connectivity index (χ3n) is 9.50. The lowest BCUT2D eigenvalue weighted by Crippen LogP contribution is -2.39. The Morgan fingerprint density at radius 1 is 0.837 bits per heavy atom. The number of aryl methyl sites for hydroxylation is 2. The van der Waals surface area contributed by atoms with Gasteiger partial charge in [0, 0.05) is 68.7 Å². The normalized spacial score (nSPS) is 19.7. The topological polar surface area (TPSA) is 38.9 Å². The monoisotopic (exact) mass is 589 g/mol. The van der Waals surface area contributed by atoms with Crippen molar-refractivity contribution in [3.63, 3.8) is 0 Å². The summed E-state index contributed by atoms with van der Waals surface area (Å²) in [5.74, 6) is -5.30. The number of imidazole rings is 1. The van der Waals surface area contributed by atoms with Crippen molar-refractivity contribution in [2.75, 3.05) is 18.0 Å². The fourth-order valence-corrected chi connectivity index (χ4v) is 7.23. The van der Waals surface area contributed by atoms with Crippen molar-refractivity contribution >= 4 is 27.6 Å². The second-order valence-electron chi connectivity index (χ2n) is 12.3. The first-order chi connectivity index (χ1) is 20.6. The van der Waals surface area contributed by atoms with Crippen LogP contribution in [-0.4, -0.2) is 44.0 Å². The zero-order valence-electron chi connectivity index (χ0n) is 24.4. The highest BCUT2D eigenvalue weighted by atomic mass is 19.3. The lowest BCUT2D eigenvalue weighted by Gasteiger charge is -2.36. The predicted octanol–water partition coefficient (Wildman–Crippen LogP) is 8.55. The summed E-state index contributed by atoms with van der Waals surface area (Å²) in [5, 5.41) is 0.955. The van der Waals surface area contributed by atoms with Gasteiger partial charge in [-0.05, 0) is 55.5 Å². The Hall–Kier alpha value is -3.88. The lowest BCUT2D eigenvalue weighted by molar-refractivity contribution is -0.0493. The smallest absolute Gasteiger partial charge is 0.251 e. The second-order valence-corrected chi connectivity index (χ2v) is 12.3. The first-order valence-corrected chi connectivity index (χ1v) is 15.1. The van der Waals surface area contributed by atoms with E-state index in [0.717, 1.165) is 50.1 Å². The number of hydrogen-bond acceptors (Lipinski definition) is 3. The maximum Gasteiger partial charge on any atom is 0.251 e. The van der Waals surface area contributed by atoms with Crippen LogP contribution in [0.1, 0.15) is 55.8 Å². The molecule has 1 atom stereocenters. The van der Waals surface area contributed by atoms with Crippen LogP contribution in [0.3, 0.4) is 0 Å². The molecular weight excluding hydrogens is 554 g/mol. The van der Waals surface area contributed by atoms with Crippen LogP contribution in [-0.2, 0) is 7.05 Å². The zero-order chi connectivity index (χ0) is 29.9. The number of nitrogens with zero attached hydrogens (tertiary/aromatic N) is 5. The number of piperidine rings is 1. The van der Waals surface area contributed by atoms with Gasteiger partial charge in [-0.25, -0.2) is 22.5 Å². The average Bonchev–Trinajstić information content (AvgIpc) is 3.49. The van der Waals surface area contributed by atoms with Crippen LogP contribution >= 0.6 is 0 Å². The minimum atomic E-state index is -2.64.